The minimum Gasteiger partial charge on any atom is -0.508 e. The number of phenols is 1. The molecule has 3 aromatic carbocycles. The molecule has 4 atom stereocenters. The number of aromatic hydroxyl groups is 1. The number of hydrogen-bond donors (Lipinski definition) is 1. The van der Waals surface area contributed by atoms with Gasteiger partial charge >= 0.3 is 6.01 Å². The zero-order valence-corrected chi connectivity index (χ0v) is 24.9. The van der Waals surface area contributed by atoms with E-state index in [1.54, 1.807) is 11.0 Å². The Morgan fingerprint density at radius 1 is 1.02 bits per heavy atom. The standard InChI is InChI=1S/C35H31F5N4O2/c1-2-24-28(37)9-4-19-12-23(45)13-27(29(19)24)25-7-8-26-31(30(25)38)41-33(46-18-34-10-3-11-44(34)17-22(36)14-34)42-32(26)43-15-20-5-6-21(16-43)35(20,39)40/h1,4,7-9,12-13,20-22,45H,3,5-6,10-11,14-18H2/t20-,21+,22-,34+/m1/s1. The summed E-state index contributed by atoms with van der Waals surface area (Å²) >= 11 is 0. The number of aromatic nitrogens is 2. The Labute approximate surface area is 262 Å². The molecule has 4 heterocycles. The predicted octanol–water partition coefficient (Wildman–Crippen LogP) is 6.85. The molecule has 4 aromatic rings. The summed E-state index contributed by atoms with van der Waals surface area (Å²) in [5.41, 5.74) is -0.533. The van der Waals surface area contributed by atoms with E-state index in [1.807, 2.05) is 0 Å². The van der Waals surface area contributed by atoms with Crippen LogP contribution < -0.4 is 9.64 Å². The van der Waals surface area contributed by atoms with Crippen molar-refractivity contribution in [1.29, 1.82) is 0 Å². The van der Waals surface area contributed by atoms with Gasteiger partial charge in [0.15, 0.2) is 5.82 Å². The normalized spacial score (nSPS) is 27.0. The van der Waals surface area contributed by atoms with E-state index in [4.69, 9.17) is 11.2 Å². The number of anilines is 1. The van der Waals surface area contributed by atoms with E-state index in [0.29, 0.717) is 36.6 Å². The maximum absolute atomic E-state index is 16.8. The third-order valence-electron chi connectivity index (χ3n) is 10.6. The molecule has 6 nitrogen and oxygen atoms in total. The fraction of sp³-hybridized carbons (Fsp3) is 0.429. The monoisotopic (exact) mass is 634 g/mol. The van der Waals surface area contributed by atoms with Gasteiger partial charge in [0.2, 0.25) is 0 Å². The minimum atomic E-state index is -2.78. The summed E-state index contributed by atoms with van der Waals surface area (Å²) in [6.07, 6.45) is 7.43. The van der Waals surface area contributed by atoms with E-state index >= 15 is 4.39 Å². The van der Waals surface area contributed by atoms with Crippen LogP contribution in [0.25, 0.3) is 32.8 Å². The summed E-state index contributed by atoms with van der Waals surface area (Å²) in [5.74, 6) is -3.49. The number of hydrogen-bond acceptors (Lipinski definition) is 6. The van der Waals surface area contributed by atoms with Gasteiger partial charge in [0.05, 0.1) is 11.1 Å². The number of piperidine rings is 1. The molecule has 0 amide bonds. The third-order valence-corrected chi connectivity index (χ3v) is 10.6. The van der Waals surface area contributed by atoms with Gasteiger partial charge in [-0.25, -0.2) is 22.0 Å². The van der Waals surface area contributed by atoms with Crippen LogP contribution in [0.1, 0.15) is 37.7 Å². The van der Waals surface area contributed by atoms with Crippen molar-refractivity contribution in [2.24, 2.45) is 11.8 Å². The molecule has 4 aliphatic rings. The topological polar surface area (TPSA) is 61.7 Å². The molecular weight excluding hydrogens is 603 g/mol. The highest BCUT2D eigenvalue weighted by Crippen LogP contribution is 2.50. The minimum absolute atomic E-state index is 0.00738. The van der Waals surface area contributed by atoms with Crippen LogP contribution in [0.15, 0.2) is 36.4 Å². The quantitative estimate of drug-likeness (QED) is 0.192. The summed E-state index contributed by atoms with van der Waals surface area (Å²) in [6.45, 7) is 1.27. The Morgan fingerprint density at radius 3 is 2.57 bits per heavy atom. The zero-order valence-electron chi connectivity index (χ0n) is 24.9. The highest BCUT2D eigenvalue weighted by atomic mass is 19.3. The van der Waals surface area contributed by atoms with Gasteiger partial charge in [-0.15, -0.1) is 6.42 Å². The molecule has 1 aromatic heterocycles. The number of halogens is 5. The van der Waals surface area contributed by atoms with Crippen LogP contribution in [0.5, 0.6) is 11.8 Å². The Morgan fingerprint density at radius 2 is 1.80 bits per heavy atom. The van der Waals surface area contributed by atoms with E-state index < -0.39 is 41.1 Å². The molecule has 4 fully saturated rings. The number of benzene rings is 3. The summed E-state index contributed by atoms with van der Waals surface area (Å²) in [6, 6.07) is 8.33. The van der Waals surface area contributed by atoms with Crippen LogP contribution in [-0.2, 0) is 0 Å². The Balaban J connectivity index is 1.28. The maximum atomic E-state index is 16.8. The van der Waals surface area contributed by atoms with E-state index in [-0.39, 0.29) is 64.9 Å². The second-order valence-electron chi connectivity index (χ2n) is 13.2. The second-order valence-corrected chi connectivity index (χ2v) is 13.2. The first-order chi connectivity index (χ1) is 22.1. The average Bonchev–Trinajstić information content (AvgIpc) is 3.56. The Kier molecular flexibility index (Phi) is 6.63. The molecule has 1 N–H and O–H groups in total. The van der Waals surface area contributed by atoms with E-state index in [0.717, 1.165) is 19.4 Å². The first kappa shape index (κ1) is 29.2. The lowest BCUT2D eigenvalue weighted by Crippen LogP contribution is -2.49. The first-order valence-corrected chi connectivity index (χ1v) is 15.6. The lowest BCUT2D eigenvalue weighted by Gasteiger charge is -2.38. The Hall–Kier alpha value is -4.17. The van der Waals surface area contributed by atoms with Crippen molar-refractivity contribution in [2.75, 3.05) is 37.7 Å². The van der Waals surface area contributed by atoms with Crippen molar-refractivity contribution in [2.45, 2.75) is 49.7 Å². The molecule has 1 aliphatic carbocycles. The molecule has 1 saturated carbocycles. The van der Waals surface area contributed by atoms with Crippen LogP contribution >= 0.6 is 0 Å². The molecule has 0 radical (unpaired) electrons. The Bertz CT molecular complexity index is 1930. The fourth-order valence-corrected chi connectivity index (χ4v) is 8.39. The van der Waals surface area contributed by atoms with Crippen molar-refractivity contribution in [3.8, 4) is 35.2 Å². The van der Waals surface area contributed by atoms with Crippen molar-refractivity contribution in [3.63, 3.8) is 0 Å². The largest absolute Gasteiger partial charge is 0.508 e. The number of nitrogens with zero attached hydrogens (tertiary/aromatic N) is 4. The van der Waals surface area contributed by atoms with E-state index in [9.17, 15) is 22.7 Å². The van der Waals surface area contributed by atoms with Crippen molar-refractivity contribution in [1.82, 2.24) is 14.9 Å². The second kappa shape index (κ2) is 10.4. The molecule has 238 valence electrons. The molecule has 8 rings (SSSR count). The number of ether oxygens (including phenoxy) is 1. The van der Waals surface area contributed by atoms with Gasteiger partial charge in [-0.3, -0.25) is 4.90 Å². The van der Waals surface area contributed by atoms with Gasteiger partial charge in [-0.05, 0) is 67.4 Å². The molecule has 0 unspecified atom stereocenters. The number of terminal acetylenes is 1. The summed E-state index contributed by atoms with van der Waals surface area (Å²) in [7, 11) is 0. The van der Waals surface area contributed by atoms with Gasteiger partial charge in [0.1, 0.15) is 35.7 Å². The smallest absolute Gasteiger partial charge is 0.319 e. The highest BCUT2D eigenvalue weighted by Gasteiger charge is 2.56. The summed E-state index contributed by atoms with van der Waals surface area (Å²) in [5, 5.41) is 11.5. The SMILES string of the molecule is C#Cc1c(F)ccc2cc(O)cc(-c3ccc4c(N5C[C@H]6CC[C@@H](C5)C6(F)F)nc(OC[C@@]56CCCN5C[C@H](F)C6)nc4c3F)c12. The lowest BCUT2D eigenvalue weighted by molar-refractivity contribution is -0.0830. The van der Waals surface area contributed by atoms with Crippen LogP contribution in [0, 0.1) is 35.8 Å². The number of phenolic OH excluding ortho intramolecular Hbond substituents is 1. The van der Waals surface area contributed by atoms with E-state index in [1.165, 1.54) is 30.3 Å². The average molecular weight is 635 g/mol. The number of rotatable bonds is 5. The summed E-state index contributed by atoms with van der Waals surface area (Å²) < 4.78 is 82.0. The van der Waals surface area contributed by atoms with Crippen LogP contribution in [0.4, 0.5) is 27.8 Å². The molecular formula is C35H31F5N4O2. The molecule has 3 aliphatic heterocycles. The van der Waals surface area contributed by atoms with Crippen LogP contribution in [-0.4, -0.2) is 70.4 Å². The predicted molar refractivity (Wildman–Crippen MR) is 164 cm³/mol. The third kappa shape index (κ3) is 4.40. The molecule has 46 heavy (non-hydrogen) atoms. The fourth-order valence-electron chi connectivity index (χ4n) is 8.39. The first-order valence-electron chi connectivity index (χ1n) is 15.6. The summed E-state index contributed by atoms with van der Waals surface area (Å²) in [4.78, 5) is 13.0. The van der Waals surface area contributed by atoms with Crippen molar-refractivity contribution in [3.05, 3.63) is 53.6 Å². The maximum Gasteiger partial charge on any atom is 0.319 e. The van der Waals surface area contributed by atoms with Crippen LogP contribution in [0.3, 0.4) is 0 Å². The van der Waals surface area contributed by atoms with Gasteiger partial charge in [-0.2, -0.15) is 9.97 Å². The number of alkyl halides is 3. The van der Waals surface area contributed by atoms with Gasteiger partial charge in [0, 0.05) is 54.2 Å². The van der Waals surface area contributed by atoms with Gasteiger partial charge < -0.3 is 14.7 Å². The molecule has 2 bridgehead atoms. The number of fused-ring (bicyclic) bond motifs is 5. The van der Waals surface area contributed by atoms with Crippen LogP contribution in [0.2, 0.25) is 0 Å². The van der Waals surface area contributed by atoms with Crippen molar-refractivity contribution >= 4 is 27.5 Å². The van der Waals surface area contributed by atoms with Crippen molar-refractivity contribution < 1.29 is 31.8 Å². The molecule has 11 heteroatoms. The van der Waals surface area contributed by atoms with Gasteiger partial charge in [-0.1, -0.05) is 18.1 Å². The lowest BCUT2D eigenvalue weighted by atomic mass is 9.92. The zero-order chi connectivity index (χ0) is 32.0. The molecule has 0 spiro atoms. The molecule has 3 saturated heterocycles. The van der Waals surface area contributed by atoms with E-state index in [2.05, 4.69) is 20.8 Å². The van der Waals surface area contributed by atoms with Gasteiger partial charge in [0.25, 0.3) is 5.92 Å². The highest BCUT2D eigenvalue weighted by molar-refractivity contribution is 6.04.